The summed E-state index contributed by atoms with van der Waals surface area (Å²) in [6.45, 7) is 1.80. The highest BCUT2D eigenvalue weighted by molar-refractivity contribution is 5.87. The molecule has 0 aliphatic heterocycles. The molecule has 5 heteroatoms. The van der Waals surface area contributed by atoms with E-state index in [2.05, 4.69) is 0 Å². The predicted molar refractivity (Wildman–Crippen MR) is 61.1 cm³/mol. The monoisotopic (exact) mass is 250 g/mol. The zero-order chi connectivity index (χ0) is 13.1. The Hall–Kier alpha value is -2.30. The predicted octanol–water partition coefficient (Wildman–Crippen LogP) is 3.00. The van der Waals surface area contributed by atoms with E-state index in [1.54, 1.807) is 12.1 Å². The van der Waals surface area contributed by atoms with Gasteiger partial charge in [0.2, 0.25) is 0 Å². The van der Waals surface area contributed by atoms with Crippen LogP contribution in [-0.4, -0.2) is 11.1 Å². The normalized spacial score (nSPS) is 10.3. The molecule has 94 valence electrons. The van der Waals surface area contributed by atoms with Crippen LogP contribution in [0.4, 0.5) is 4.39 Å². The third-order valence-corrected chi connectivity index (χ3v) is 2.36. The summed E-state index contributed by atoms with van der Waals surface area (Å²) in [6, 6.07) is 5.86. The van der Waals surface area contributed by atoms with Crippen LogP contribution < -0.4 is 4.74 Å². The molecule has 0 amide bonds. The fourth-order valence-corrected chi connectivity index (χ4v) is 1.44. The molecule has 0 bridgehead atoms. The molecular weight excluding hydrogens is 239 g/mol. The Morgan fingerprint density at radius 2 is 2.22 bits per heavy atom. The van der Waals surface area contributed by atoms with Gasteiger partial charge in [-0.15, -0.1) is 0 Å². The molecule has 2 rings (SSSR count). The maximum atomic E-state index is 13.4. The Bertz CT molecular complexity index is 574. The van der Waals surface area contributed by atoms with Gasteiger partial charge in [0.1, 0.15) is 18.6 Å². The summed E-state index contributed by atoms with van der Waals surface area (Å²) in [5, 5.41) is 8.70. The molecule has 0 radical (unpaired) electrons. The summed E-state index contributed by atoms with van der Waals surface area (Å²) < 4.78 is 23.6. The van der Waals surface area contributed by atoms with E-state index in [-0.39, 0.29) is 17.9 Å². The summed E-state index contributed by atoms with van der Waals surface area (Å²) in [4.78, 5) is 10.6. The number of hydrogen-bond donors (Lipinski definition) is 1. The van der Waals surface area contributed by atoms with Crippen LogP contribution in [-0.2, 0) is 6.61 Å². The first-order valence-electron chi connectivity index (χ1n) is 5.26. The second-order valence-corrected chi connectivity index (χ2v) is 3.83. The molecule has 0 atom stereocenters. The summed E-state index contributed by atoms with van der Waals surface area (Å²) in [6.07, 6.45) is 1.12. The second kappa shape index (κ2) is 4.91. The van der Waals surface area contributed by atoms with E-state index in [9.17, 15) is 9.18 Å². The lowest BCUT2D eigenvalue weighted by molar-refractivity contribution is 0.0696. The van der Waals surface area contributed by atoms with Crippen LogP contribution in [0.15, 0.2) is 34.9 Å². The number of ether oxygens (including phenoxy) is 1. The van der Waals surface area contributed by atoms with Gasteiger partial charge in [-0.05, 0) is 30.7 Å². The lowest BCUT2D eigenvalue weighted by atomic mass is 10.2. The molecule has 0 aliphatic rings. The SMILES string of the molecule is Cc1ccc(F)c(OCc2cc(C(=O)O)co2)c1. The van der Waals surface area contributed by atoms with Crippen LogP contribution in [0.3, 0.4) is 0 Å². The number of hydrogen-bond acceptors (Lipinski definition) is 3. The molecule has 0 saturated carbocycles. The topological polar surface area (TPSA) is 59.7 Å². The zero-order valence-electron chi connectivity index (χ0n) is 9.64. The number of carboxylic acid groups (broad SMARTS) is 1. The molecule has 1 aromatic carbocycles. The minimum Gasteiger partial charge on any atom is -0.483 e. The summed E-state index contributed by atoms with van der Waals surface area (Å²) in [5.41, 5.74) is 0.912. The number of rotatable bonds is 4. The van der Waals surface area contributed by atoms with Crippen LogP contribution in [0.25, 0.3) is 0 Å². The van der Waals surface area contributed by atoms with Gasteiger partial charge < -0.3 is 14.3 Å². The molecule has 1 N–H and O–H groups in total. The molecule has 0 aliphatic carbocycles. The number of carbonyl (C=O) groups is 1. The summed E-state index contributed by atoms with van der Waals surface area (Å²) >= 11 is 0. The Morgan fingerprint density at radius 3 is 2.89 bits per heavy atom. The molecule has 0 spiro atoms. The van der Waals surface area contributed by atoms with Crippen molar-refractivity contribution in [3.63, 3.8) is 0 Å². The van der Waals surface area contributed by atoms with Gasteiger partial charge >= 0.3 is 5.97 Å². The number of carboxylic acids is 1. The quantitative estimate of drug-likeness (QED) is 0.906. The van der Waals surface area contributed by atoms with Crippen LogP contribution in [0.2, 0.25) is 0 Å². The molecule has 1 aromatic heterocycles. The Kier molecular flexibility index (Phi) is 3.32. The van der Waals surface area contributed by atoms with Gasteiger partial charge in [0, 0.05) is 0 Å². The van der Waals surface area contributed by atoms with Crippen LogP contribution in [0, 0.1) is 12.7 Å². The molecular formula is C13H11FO4. The van der Waals surface area contributed by atoms with Gasteiger partial charge in [0.15, 0.2) is 11.6 Å². The highest BCUT2D eigenvalue weighted by Crippen LogP contribution is 2.20. The second-order valence-electron chi connectivity index (χ2n) is 3.83. The average Bonchev–Trinajstić information content (AvgIpc) is 2.79. The first-order chi connectivity index (χ1) is 8.56. The molecule has 18 heavy (non-hydrogen) atoms. The molecule has 0 fully saturated rings. The fraction of sp³-hybridized carbons (Fsp3) is 0.154. The van der Waals surface area contributed by atoms with Crippen molar-refractivity contribution in [3.05, 3.63) is 53.2 Å². The number of aromatic carboxylic acids is 1. The van der Waals surface area contributed by atoms with Crippen molar-refractivity contribution in [2.45, 2.75) is 13.5 Å². The Labute approximate surface area is 103 Å². The molecule has 0 unspecified atom stereocenters. The summed E-state index contributed by atoms with van der Waals surface area (Å²) in [5.74, 6) is -1.10. The van der Waals surface area contributed by atoms with Gasteiger partial charge in [-0.25, -0.2) is 9.18 Å². The summed E-state index contributed by atoms with van der Waals surface area (Å²) in [7, 11) is 0. The number of benzene rings is 1. The fourth-order valence-electron chi connectivity index (χ4n) is 1.44. The van der Waals surface area contributed by atoms with Crippen LogP contribution in [0.5, 0.6) is 5.75 Å². The molecule has 2 aromatic rings. The first kappa shape index (κ1) is 12.2. The van der Waals surface area contributed by atoms with Crippen molar-refractivity contribution < 1.29 is 23.4 Å². The number of furan rings is 1. The van der Waals surface area contributed by atoms with E-state index in [1.807, 2.05) is 6.92 Å². The maximum Gasteiger partial charge on any atom is 0.338 e. The van der Waals surface area contributed by atoms with Crippen molar-refractivity contribution in [3.8, 4) is 5.75 Å². The van der Waals surface area contributed by atoms with E-state index in [0.29, 0.717) is 5.76 Å². The highest BCUT2D eigenvalue weighted by atomic mass is 19.1. The van der Waals surface area contributed by atoms with E-state index in [0.717, 1.165) is 11.8 Å². The average molecular weight is 250 g/mol. The number of aryl methyl sites for hydroxylation is 1. The maximum absolute atomic E-state index is 13.4. The van der Waals surface area contributed by atoms with Crippen molar-refractivity contribution >= 4 is 5.97 Å². The molecule has 4 nitrogen and oxygen atoms in total. The van der Waals surface area contributed by atoms with Crippen molar-refractivity contribution in [2.24, 2.45) is 0 Å². The van der Waals surface area contributed by atoms with Gasteiger partial charge in [-0.3, -0.25) is 0 Å². The largest absolute Gasteiger partial charge is 0.483 e. The van der Waals surface area contributed by atoms with Gasteiger partial charge in [0.25, 0.3) is 0 Å². The van der Waals surface area contributed by atoms with E-state index >= 15 is 0 Å². The minimum atomic E-state index is -1.08. The lowest BCUT2D eigenvalue weighted by Crippen LogP contribution is -1.97. The van der Waals surface area contributed by atoms with Crippen molar-refractivity contribution in [2.75, 3.05) is 0 Å². The van der Waals surface area contributed by atoms with Crippen LogP contribution >= 0.6 is 0 Å². The third-order valence-electron chi connectivity index (χ3n) is 2.36. The molecule has 1 heterocycles. The Morgan fingerprint density at radius 1 is 1.44 bits per heavy atom. The molecule has 0 saturated heterocycles. The Balaban J connectivity index is 2.06. The van der Waals surface area contributed by atoms with Crippen LogP contribution in [0.1, 0.15) is 21.7 Å². The van der Waals surface area contributed by atoms with E-state index in [1.165, 1.54) is 12.1 Å². The van der Waals surface area contributed by atoms with E-state index < -0.39 is 11.8 Å². The van der Waals surface area contributed by atoms with Crippen molar-refractivity contribution in [1.82, 2.24) is 0 Å². The van der Waals surface area contributed by atoms with E-state index in [4.69, 9.17) is 14.3 Å². The number of halogens is 1. The van der Waals surface area contributed by atoms with Gasteiger partial charge in [-0.1, -0.05) is 6.07 Å². The van der Waals surface area contributed by atoms with Gasteiger partial charge in [-0.2, -0.15) is 0 Å². The van der Waals surface area contributed by atoms with Crippen molar-refractivity contribution in [1.29, 1.82) is 0 Å². The minimum absolute atomic E-state index is 0.0202. The zero-order valence-corrected chi connectivity index (χ0v) is 9.64. The smallest absolute Gasteiger partial charge is 0.338 e. The highest BCUT2D eigenvalue weighted by Gasteiger charge is 2.10. The van der Waals surface area contributed by atoms with Gasteiger partial charge in [0.05, 0.1) is 5.56 Å². The third kappa shape index (κ3) is 2.68. The first-order valence-corrected chi connectivity index (χ1v) is 5.26. The standard InChI is InChI=1S/C13H11FO4/c1-8-2-3-11(14)12(4-8)18-7-10-5-9(6-17-10)13(15)16/h2-6H,7H2,1H3,(H,15,16). The lowest BCUT2D eigenvalue weighted by Gasteiger charge is -2.06.